The number of hydrazone groups is 1. The van der Waals surface area contributed by atoms with Crippen molar-refractivity contribution in [3.8, 4) is 5.75 Å². The molecule has 0 aliphatic heterocycles. The van der Waals surface area contributed by atoms with Gasteiger partial charge >= 0.3 is 88.2 Å². The normalized spacial score (nSPS) is 11.4. The van der Waals surface area contributed by atoms with Crippen molar-refractivity contribution < 1.29 is 122 Å². The number of aromatic nitrogens is 3. The quantitative estimate of drug-likeness (QED) is 0.00893. The maximum Gasteiger partial charge on any atom is 1.00 e. The molecule has 272 valence electrons. The molecule has 0 radical (unpaired) electrons. The molecule has 4 rings (SSSR count). The van der Waals surface area contributed by atoms with E-state index in [0.717, 1.165) is 17.5 Å². The van der Waals surface area contributed by atoms with Crippen molar-refractivity contribution >= 4 is 60.7 Å². The van der Waals surface area contributed by atoms with Crippen molar-refractivity contribution in [2.45, 2.75) is 4.90 Å². The number of halogens is 1. The molecule has 0 spiro atoms. The van der Waals surface area contributed by atoms with E-state index in [1.54, 1.807) is 30.3 Å². The fourth-order valence-electron chi connectivity index (χ4n) is 3.77. The van der Waals surface area contributed by atoms with Crippen molar-refractivity contribution in [1.82, 2.24) is 15.0 Å². The van der Waals surface area contributed by atoms with Crippen LogP contribution >= 0.6 is 0 Å². The summed E-state index contributed by atoms with van der Waals surface area (Å²) in [6, 6.07) is 16.3. The van der Waals surface area contributed by atoms with Gasteiger partial charge in [0.2, 0.25) is 11.9 Å². The van der Waals surface area contributed by atoms with Gasteiger partial charge < -0.3 is 30.1 Å². The van der Waals surface area contributed by atoms with E-state index in [2.05, 4.69) is 59.0 Å². The Hall–Kier alpha value is -3.38. The van der Waals surface area contributed by atoms with Gasteiger partial charge in [0.05, 0.1) is 29.5 Å². The molecular weight excluding hydrogens is 811 g/mol. The Morgan fingerprint density at radius 2 is 1.72 bits per heavy atom. The van der Waals surface area contributed by atoms with E-state index < -0.39 is 60.0 Å². The number of benzene rings is 3. The number of anilines is 4. The Balaban J connectivity index is 0.00000468. The average molecular weight is 837 g/mol. The molecule has 0 saturated carbocycles. The number of aromatic hydroxyl groups is 1. The van der Waals surface area contributed by atoms with Crippen LogP contribution in [0, 0.1) is 12.1 Å². The molecule has 53 heavy (non-hydrogen) atoms. The number of rotatable bonds is 16. The monoisotopic (exact) mass is 836 g/mol. The predicted octanol–water partition coefficient (Wildman–Crippen LogP) is -2.59. The first kappa shape index (κ1) is 47.6. The Bertz CT molecular complexity index is 2170. The molecule has 0 fully saturated rings. The van der Waals surface area contributed by atoms with Crippen LogP contribution in [0.4, 0.5) is 33.3 Å². The zero-order valence-electron chi connectivity index (χ0n) is 27.8. The summed E-state index contributed by atoms with van der Waals surface area (Å²) in [4.78, 5) is 21.6. The van der Waals surface area contributed by atoms with E-state index in [-0.39, 0.29) is 125 Å². The molecular formula is C29H26CuFN9Na2O9S2+. The third-order valence-corrected chi connectivity index (χ3v) is 8.22. The van der Waals surface area contributed by atoms with Crippen LogP contribution in [-0.2, 0) is 41.8 Å². The zero-order chi connectivity index (χ0) is 36.3. The number of nitrogens with one attached hydrogen (secondary N) is 3. The number of aromatic carboxylic acids is 1. The van der Waals surface area contributed by atoms with Crippen molar-refractivity contribution in [3.63, 3.8) is 0 Å². The molecule has 18 nitrogen and oxygen atoms in total. The molecule has 0 aliphatic carbocycles. The summed E-state index contributed by atoms with van der Waals surface area (Å²) >= 11 is 0. The van der Waals surface area contributed by atoms with Crippen LogP contribution < -0.4 is 75.2 Å². The number of phenolic OH excluding ortho intramolecular Hbond substituents is 1. The number of azo groups is 1. The van der Waals surface area contributed by atoms with Gasteiger partial charge in [-0.2, -0.15) is 42.6 Å². The fourth-order valence-corrected chi connectivity index (χ4v) is 4.81. The molecule has 1 aromatic heterocycles. The molecule has 4 aromatic rings. The third kappa shape index (κ3) is 14.8. The van der Waals surface area contributed by atoms with Gasteiger partial charge in [-0.3, -0.25) is 5.43 Å². The summed E-state index contributed by atoms with van der Waals surface area (Å²) in [7, 11) is -8.59. The van der Waals surface area contributed by atoms with E-state index in [1.165, 1.54) is 18.2 Å². The van der Waals surface area contributed by atoms with E-state index >= 15 is 0 Å². The van der Waals surface area contributed by atoms with E-state index in [4.69, 9.17) is 4.74 Å². The summed E-state index contributed by atoms with van der Waals surface area (Å²) < 4.78 is 78.4. The van der Waals surface area contributed by atoms with Crippen LogP contribution in [0.2, 0.25) is 0 Å². The summed E-state index contributed by atoms with van der Waals surface area (Å²) in [5, 5.41) is 38.4. The number of carbonyl (C=O) groups is 1. The maximum absolute atomic E-state index is 14.3. The number of carboxylic acids is 1. The summed E-state index contributed by atoms with van der Waals surface area (Å²) in [6.45, 7) is 3.07. The summed E-state index contributed by atoms with van der Waals surface area (Å²) in [6.07, 6.45) is -1.28. The SMILES string of the molecule is C=CS(=O)(=O)CCOCCNc1nc(F)nc(Nc2cc(S(=O)(=O)[O-])cc(N/N=C(\N=Nc3c[c-]ccc3C(=O)O)c3ccccc3)c2O)n1.[Cu+].[Na+].[Na+]. The zero-order valence-corrected chi connectivity index (χ0v) is 34.4. The molecule has 5 N–H and O–H groups in total. The second-order valence-corrected chi connectivity index (χ2v) is 13.1. The Labute approximate surface area is 357 Å². The van der Waals surface area contributed by atoms with Crippen molar-refractivity contribution in [1.29, 1.82) is 0 Å². The molecule has 0 atom stereocenters. The van der Waals surface area contributed by atoms with Crippen LogP contribution in [0.3, 0.4) is 0 Å². The van der Waals surface area contributed by atoms with Gasteiger partial charge in [-0.25, -0.2) is 26.7 Å². The molecule has 1 heterocycles. The molecule has 0 saturated heterocycles. The summed E-state index contributed by atoms with van der Waals surface area (Å²) in [5.74, 6) is -3.25. The van der Waals surface area contributed by atoms with Gasteiger partial charge in [-0.15, -0.1) is 11.2 Å². The number of carboxylic acid groups (broad SMARTS) is 1. The Morgan fingerprint density at radius 1 is 1.04 bits per heavy atom. The molecule has 3 aromatic carbocycles. The fraction of sp³-hybridized carbons (Fsp3) is 0.138. The number of nitrogens with zero attached hydrogens (tertiary/aromatic N) is 6. The first-order chi connectivity index (χ1) is 23.8. The first-order valence-corrected chi connectivity index (χ1v) is 17.1. The number of phenols is 1. The van der Waals surface area contributed by atoms with Gasteiger partial charge in [0.1, 0.15) is 15.8 Å². The van der Waals surface area contributed by atoms with E-state index in [9.17, 15) is 40.8 Å². The second-order valence-electron chi connectivity index (χ2n) is 9.63. The smallest absolute Gasteiger partial charge is 0.744 e. The van der Waals surface area contributed by atoms with Crippen LogP contribution in [-0.4, -0.2) is 83.9 Å². The minimum Gasteiger partial charge on any atom is -0.744 e. The standard InChI is InChI=1S/C29H27FN9O9S2.Cu.2Na/c1-2-49(43,44)15-14-48-13-12-31-28-33-27(30)34-29(35-28)32-22-16-19(50(45,46)47)17-23(24(22)40)37-39-25(18-8-4-3-5-9-18)38-36-21-11-7-6-10-20(21)26(41)42;;;/h2-6,8-11,16-17,37,40H,1,12-15H2,(H,41,42)(H,45,46,47)(H2,31,32,33,34,35);;;/q-1;3*+1/p-1/b38-36?,39-25-;;;. The van der Waals surface area contributed by atoms with Gasteiger partial charge in [0, 0.05) is 17.5 Å². The van der Waals surface area contributed by atoms with E-state index in [1.807, 2.05) is 0 Å². The Morgan fingerprint density at radius 3 is 2.38 bits per heavy atom. The van der Waals surface area contributed by atoms with E-state index in [0.29, 0.717) is 5.56 Å². The predicted molar refractivity (Wildman–Crippen MR) is 176 cm³/mol. The first-order valence-electron chi connectivity index (χ1n) is 14.0. The second kappa shape index (κ2) is 22.1. The Kier molecular flexibility index (Phi) is 19.9. The molecule has 0 aliphatic rings. The maximum atomic E-state index is 14.3. The van der Waals surface area contributed by atoms with Crippen molar-refractivity contribution in [2.75, 3.05) is 41.6 Å². The van der Waals surface area contributed by atoms with Gasteiger partial charge in [0.25, 0.3) is 0 Å². The van der Waals surface area contributed by atoms with Crippen molar-refractivity contribution in [2.24, 2.45) is 15.3 Å². The van der Waals surface area contributed by atoms with Crippen LogP contribution in [0.5, 0.6) is 5.75 Å². The number of hydrogen-bond donors (Lipinski definition) is 5. The van der Waals surface area contributed by atoms with Crippen LogP contribution in [0.1, 0.15) is 15.9 Å². The molecule has 24 heteroatoms. The summed E-state index contributed by atoms with van der Waals surface area (Å²) in [5.41, 5.74) is 1.66. The molecule has 0 amide bonds. The minimum atomic E-state index is -5.14. The van der Waals surface area contributed by atoms with Gasteiger partial charge in [0.15, 0.2) is 21.4 Å². The minimum absolute atomic E-state index is 0. The largest absolute Gasteiger partial charge is 1.00 e. The van der Waals surface area contributed by atoms with Gasteiger partial charge in [-0.1, -0.05) is 36.9 Å². The van der Waals surface area contributed by atoms with Crippen LogP contribution in [0.25, 0.3) is 0 Å². The number of hydrogen-bond acceptors (Lipinski definition) is 16. The topological polar surface area (TPSA) is 270 Å². The average Bonchev–Trinajstić information content (AvgIpc) is 3.07. The molecule has 0 unspecified atom stereocenters. The van der Waals surface area contributed by atoms with Gasteiger partial charge in [-0.05, 0) is 23.4 Å². The van der Waals surface area contributed by atoms with Crippen LogP contribution in [0.15, 0.2) is 92.9 Å². The third-order valence-electron chi connectivity index (χ3n) is 6.16. The number of sulfone groups is 1. The number of ether oxygens (including phenoxy) is 1. The molecule has 0 bridgehead atoms. The number of amidine groups is 1. The van der Waals surface area contributed by atoms with Crippen molar-refractivity contribution in [3.05, 3.63) is 95.9 Å².